The number of rotatable bonds is 3. The van der Waals surface area contributed by atoms with Crippen LogP contribution in [0.2, 0.25) is 10.0 Å². The average Bonchev–Trinajstić information content (AvgIpc) is 2.02. The number of halogens is 2. The maximum absolute atomic E-state index is 7.04. The van der Waals surface area contributed by atoms with E-state index in [4.69, 9.17) is 34.3 Å². The molecule has 0 fully saturated rings. The maximum Gasteiger partial charge on any atom is 0.101 e. The van der Waals surface area contributed by atoms with Crippen LogP contribution in [0.25, 0.3) is 0 Å². The molecule has 1 aromatic rings. The van der Waals surface area contributed by atoms with Crippen LogP contribution >= 0.6 is 35.0 Å². The van der Waals surface area contributed by atoms with E-state index in [1.807, 2.05) is 6.07 Å². The van der Waals surface area contributed by atoms with Crippen molar-refractivity contribution in [1.82, 2.24) is 0 Å². The van der Waals surface area contributed by atoms with Gasteiger partial charge in [-0.2, -0.15) is 0 Å². The number of nitrogens with one attached hydrogen (secondary N) is 1. The van der Waals surface area contributed by atoms with E-state index in [2.05, 4.69) is 0 Å². The lowest BCUT2D eigenvalue weighted by Crippen LogP contribution is -2.11. The van der Waals surface area contributed by atoms with Crippen LogP contribution in [-0.4, -0.2) is 11.6 Å². The molecule has 0 heterocycles. The fourth-order valence-electron chi connectivity index (χ4n) is 0.748. The molecular formula is C8H8Cl2N2S. The smallest absolute Gasteiger partial charge is 0.101 e. The summed E-state index contributed by atoms with van der Waals surface area (Å²) in [6.07, 6.45) is 0. The highest BCUT2D eigenvalue weighted by molar-refractivity contribution is 8.00. The van der Waals surface area contributed by atoms with Crippen LogP contribution < -0.4 is 5.73 Å². The first-order valence-electron chi connectivity index (χ1n) is 3.50. The summed E-state index contributed by atoms with van der Waals surface area (Å²) in [5.74, 6) is 0.581. The summed E-state index contributed by atoms with van der Waals surface area (Å²) in [7, 11) is 0. The van der Waals surface area contributed by atoms with E-state index >= 15 is 0 Å². The van der Waals surface area contributed by atoms with Crippen molar-refractivity contribution >= 4 is 40.8 Å². The van der Waals surface area contributed by atoms with Crippen molar-refractivity contribution in [3.05, 3.63) is 28.2 Å². The quantitative estimate of drug-likeness (QED) is 0.480. The first-order chi connectivity index (χ1) is 6.09. The average molecular weight is 235 g/mol. The minimum absolute atomic E-state index is 0.135. The number of amidine groups is 1. The second-order valence-electron chi connectivity index (χ2n) is 2.39. The van der Waals surface area contributed by atoms with Crippen molar-refractivity contribution in [2.24, 2.45) is 5.73 Å². The van der Waals surface area contributed by atoms with Gasteiger partial charge in [0, 0.05) is 9.92 Å². The Kier molecular flexibility index (Phi) is 3.90. The topological polar surface area (TPSA) is 49.9 Å². The molecule has 2 nitrogen and oxygen atoms in total. The predicted octanol–water partition coefficient (Wildman–Crippen LogP) is 3.02. The van der Waals surface area contributed by atoms with E-state index in [1.54, 1.807) is 12.1 Å². The molecule has 1 aromatic carbocycles. The first kappa shape index (κ1) is 10.7. The summed E-state index contributed by atoms with van der Waals surface area (Å²) in [5, 5.41) is 8.25. The van der Waals surface area contributed by atoms with Crippen LogP contribution in [0.1, 0.15) is 0 Å². The molecule has 0 aliphatic rings. The molecule has 0 unspecified atom stereocenters. The van der Waals surface area contributed by atoms with Gasteiger partial charge in [0.15, 0.2) is 0 Å². The van der Waals surface area contributed by atoms with Gasteiger partial charge in [-0.25, -0.2) is 0 Å². The van der Waals surface area contributed by atoms with Crippen molar-refractivity contribution in [1.29, 1.82) is 5.41 Å². The molecule has 0 saturated heterocycles. The Morgan fingerprint density at radius 2 is 2.15 bits per heavy atom. The molecule has 0 amide bonds. The third kappa shape index (κ3) is 3.46. The second-order valence-corrected chi connectivity index (χ2v) is 4.25. The Balaban J connectivity index is 2.72. The largest absolute Gasteiger partial charge is 0.387 e. The molecule has 13 heavy (non-hydrogen) atoms. The summed E-state index contributed by atoms with van der Waals surface area (Å²) in [6, 6.07) is 5.25. The van der Waals surface area contributed by atoms with E-state index < -0.39 is 0 Å². The van der Waals surface area contributed by atoms with Crippen LogP contribution in [0.3, 0.4) is 0 Å². The van der Waals surface area contributed by atoms with Crippen molar-refractivity contribution in [2.45, 2.75) is 4.90 Å². The van der Waals surface area contributed by atoms with Crippen molar-refractivity contribution in [3.8, 4) is 0 Å². The second kappa shape index (κ2) is 4.74. The molecule has 0 spiro atoms. The lowest BCUT2D eigenvalue weighted by atomic mass is 10.4. The molecule has 1 rings (SSSR count). The van der Waals surface area contributed by atoms with Gasteiger partial charge in [0.2, 0.25) is 0 Å². The van der Waals surface area contributed by atoms with Gasteiger partial charge < -0.3 is 5.73 Å². The lowest BCUT2D eigenvalue weighted by Gasteiger charge is -2.02. The number of hydrogen-bond donors (Lipinski definition) is 2. The standard InChI is InChI=1S/C8H8Cl2N2S/c9-5-1-2-7(6(10)3-5)13-4-8(11)12/h1-3H,4H2,(H3,11,12). The Labute approximate surface area is 90.9 Å². The van der Waals surface area contributed by atoms with Gasteiger partial charge in [-0.1, -0.05) is 23.2 Å². The summed E-state index contributed by atoms with van der Waals surface area (Å²) >= 11 is 13.0. The third-order valence-corrected chi connectivity index (χ3v) is 3.06. The Hall–Kier alpha value is -0.380. The number of hydrogen-bond acceptors (Lipinski definition) is 2. The third-order valence-electron chi connectivity index (χ3n) is 1.28. The number of thioether (sulfide) groups is 1. The summed E-state index contributed by atoms with van der Waals surface area (Å²) in [6.45, 7) is 0. The normalized spacial score (nSPS) is 10.0. The highest BCUT2D eigenvalue weighted by atomic mass is 35.5. The highest BCUT2D eigenvalue weighted by Gasteiger charge is 2.01. The van der Waals surface area contributed by atoms with Gasteiger partial charge in [-0.05, 0) is 18.2 Å². The summed E-state index contributed by atoms with van der Waals surface area (Å²) < 4.78 is 0. The summed E-state index contributed by atoms with van der Waals surface area (Å²) in [5.41, 5.74) is 5.21. The van der Waals surface area contributed by atoms with Gasteiger partial charge in [-0.3, -0.25) is 5.41 Å². The Morgan fingerprint density at radius 1 is 1.46 bits per heavy atom. The zero-order valence-corrected chi connectivity index (χ0v) is 9.01. The molecule has 0 bridgehead atoms. The molecule has 70 valence electrons. The number of benzene rings is 1. The Bertz CT molecular complexity index is 328. The fraction of sp³-hybridized carbons (Fsp3) is 0.125. The molecule has 5 heteroatoms. The van der Waals surface area contributed by atoms with Crippen LogP contribution in [0.5, 0.6) is 0 Å². The van der Waals surface area contributed by atoms with Gasteiger partial charge in [0.1, 0.15) is 5.84 Å². The SMILES string of the molecule is N=C(N)CSc1ccc(Cl)cc1Cl. The zero-order valence-electron chi connectivity index (χ0n) is 6.68. The van der Waals surface area contributed by atoms with E-state index in [1.165, 1.54) is 11.8 Å². The molecular weight excluding hydrogens is 227 g/mol. The lowest BCUT2D eigenvalue weighted by molar-refractivity contribution is 1.41. The van der Waals surface area contributed by atoms with Gasteiger partial charge in [-0.15, -0.1) is 11.8 Å². The Morgan fingerprint density at radius 3 is 2.69 bits per heavy atom. The molecule has 0 aliphatic carbocycles. The van der Waals surface area contributed by atoms with Crippen molar-refractivity contribution in [2.75, 3.05) is 5.75 Å². The van der Waals surface area contributed by atoms with E-state index in [-0.39, 0.29) is 5.84 Å². The van der Waals surface area contributed by atoms with E-state index in [0.717, 1.165) is 4.90 Å². The predicted molar refractivity (Wildman–Crippen MR) is 59.1 cm³/mol. The van der Waals surface area contributed by atoms with Crippen LogP contribution in [0.4, 0.5) is 0 Å². The fourth-order valence-corrected chi connectivity index (χ4v) is 1.99. The van der Waals surface area contributed by atoms with E-state index in [9.17, 15) is 0 Å². The van der Waals surface area contributed by atoms with Crippen molar-refractivity contribution in [3.63, 3.8) is 0 Å². The van der Waals surface area contributed by atoms with Gasteiger partial charge in [0.05, 0.1) is 10.8 Å². The van der Waals surface area contributed by atoms with E-state index in [0.29, 0.717) is 15.8 Å². The first-order valence-corrected chi connectivity index (χ1v) is 5.24. The highest BCUT2D eigenvalue weighted by Crippen LogP contribution is 2.29. The molecule has 0 aromatic heterocycles. The van der Waals surface area contributed by atoms with Crippen LogP contribution in [0.15, 0.2) is 23.1 Å². The summed E-state index contributed by atoms with van der Waals surface area (Å²) in [4.78, 5) is 0.890. The molecule has 0 atom stereocenters. The number of nitrogens with two attached hydrogens (primary N) is 1. The van der Waals surface area contributed by atoms with Crippen LogP contribution in [0, 0.1) is 5.41 Å². The van der Waals surface area contributed by atoms with Gasteiger partial charge >= 0.3 is 0 Å². The monoisotopic (exact) mass is 234 g/mol. The molecule has 0 saturated carbocycles. The minimum atomic E-state index is 0.135. The van der Waals surface area contributed by atoms with Crippen LogP contribution in [-0.2, 0) is 0 Å². The van der Waals surface area contributed by atoms with Crippen molar-refractivity contribution < 1.29 is 0 Å². The zero-order chi connectivity index (χ0) is 9.84. The molecule has 0 radical (unpaired) electrons. The molecule has 3 N–H and O–H groups in total. The molecule has 0 aliphatic heterocycles. The maximum atomic E-state index is 7.04. The van der Waals surface area contributed by atoms with Gasteiger partial charge in [0.25, 0.3) is 0 Å². The minimum Gasteiger partial charge on any atom is -0.387 e.